The molecule has 0 aliphatic carbocycles. The summed E-state index contributed by atoms with van der Waals surface area (Å²) >= 11 is 0. The Morgan fingerprint density at radius 2 is 1.64 bits per heavy atom. The number of amides is 2. The first-order valence-corrected chi connectivity index (χ1v) is 7.77. The average Bonchev–Trinajstić information content (AvgIpc) is 2.56. The van der Waals surface area contributed by atoms with E-state index in [0.717, 1.165) is 0 Å². The molecular formula is C19H29NO2. The molecule has 0 saturated carbocycles. The molecule has 1 aliphatic rings. The maximum absolute atomic E-state index is 12.9. The van der Waals surface area contributed by atoms with Crippen LogP contribution in [0.3, 0.4) is 0 Å². The number of hydrogen-bond donors (Lipinski definition) is 0. The summed E-state index contributed by atoms with van der Waals surface area (Å²) in [7, 11) is 0. The molecule has 0 radical (unpaired) electrons. The lowest BCUT2D eigenvalue weighted by Crippen LogP contribution is -2.34. The minimum atomic E-state index is -0.313. The van der Waals surface area contributed by atoms with Gasteiger partial charge in [-0.1, -0.05) is 60.8 Å². The van der Waals surface area contributed by atoms with E-state index in [1.54, 1.807) is 12.2 Å². The monoisotopic (exact) mass is 303 g/mol. The predicted molar refractivity (Wildman–Crippen MR) is 90.8 cm³/mol. The summed E-state index contributed by atoms with van der Waals surface area (Å²) in [5.74, 6) is -0.847. The molecule has 2 amide bonds. The predicted octanol–water partition coefficient (Wildman–Crippen LogP) is 4.33. The summed E-state index contributed by atoms with van der Waals surface area (Å²) in [6.45, 7) is 19.7. The van der Waals surface area contributed by atoms with Crippen molar-refractivity contribution in [3.8, 4) is 0 Å². The molecular weight excluding hydrogens is 274 g/mol. The third-order valence-electron chi connectivity index (χ3n) is 3.95. The molecule has 1 aliphatic heterocycles. The molecule has 0 aromatic carbocycles. The molecule has 0 spiro atoms. The molecule has 1 saturated heterocycles. The van der Waals surface area contributed by atoms with Crippen molar-refractivity contribution >= 4 is 11.8 Å². The second-order valence-electron chi connectivity index (χ2n) is 8.26. The second-order valence-corrected chi connectivity index (χ2v) is 8.26. The van der Waals surface area contributed by atoms with E-state index in [4.69, 9.17) is 0 Å². The largest absolute Gasteiger partial charge is 0.274 e. The maximum Gasteiger partial charge on any atom is 0.238 e. The molecule has 3 nitrogen and oxygen atoms in total. The molecule has 3 heteroatoms. The van der Waals surface area contributed by atoms with E-state index in [-0.39, 0.29) is 34.5 Å². The number of carbonyl (C=O) groups excluding carboxylic acids is 2. The molecule has 1 fully saturated rings. The van der Waals surface area contributed by atoms with Gasteiger partial charge in [-0.15, -0.1) is 0 Å². The number of hydrogen-bond acceptors (Lipinski definition) is 2. The van der Waals surface area contributed by atoms with Gasteiger partial charge in [-0.25, -0.2) is 0 Å². The Morgan fingerprint density at radius 1 is 1.09 bits per heavy atom. The number of rotatable bonds is 4. The summed E-state index contributed by atoms with van der Waals surface area (Å²) < 4.78 is 0. The third-order valence-corrected chi connectivity index (χ3v) is 3.95. The van der Waals surface area contributed by atoms with Crippen molar-refractivity contribution in [2.75, 3.05) is 0 Å². The van der Waals surface area contributed by atoms with Crippen LogP contribution in [0.1, 0.15) is 48.0 Å². The fraction of sp³-hybridized carbons (Fsp3) is 0.579. The average molecular weight is 303 g/mol. The van der Waals surface area contributed by atoms with E-state index in [2.05, 4.69) is 33.9 Å². The Labute approximate surface area is 134 Å². The number of allylic oxidation sites excluding steroid dienone is 3. The highest BCUT2D eigenvalue weighted by molar-refractivity contribution is 6.07. The summed E-state index contributed by atoms with van der Waals surface area (Å²) in [6.07, 6.45) is 5.45. The van der Waals surface area contributed by atoms with Crippen molar-refractivity contribution in [2.45, 2.75) is 48.0 Å². The quantitative estimate of drug-likeness (QED) is 0.573. The van der Waals surface area contributed by atoms with Gasteiger partial charge in [-0.3, -0.25) is 14.5 Å². The van der Waals surface area contributed by atoms with E-state index in [9.17, 15) is 9.59 Å². The number of carbonyl (C=O) groups is 2. The highest BCUT2D eigenvalue weighted by Crippen LogP contribution is 2.45. The van der Waals surface area contributed by atoms with E-state index in [1.807, 2.05) is 20.8 Å². The van der Waals surface area contributed by atoms with Gasteiger partial charge in [0.15, 0.2) is 0 Å². The molecule has 1 heterocycles. The molecule has 2 atom stereocenters. The fourth-order valence-corrected chi connectivity index (χ4v) is 3.18. The SMILES string of the molecule is C=C/C=C(\C=C)N1C(=O)C(CC(C)(C)C)C(C(C)(C)C)C1=O. The summed E-state index contributed by atoms with van der Waals surface area (Å²) in [5, 5.41) is 0. The zero-order valence-corrected chi connectivity index (χ0v) is 14.8. The van der Waals surface area contributed by atoms with Crippen molar-refractivity contribution in [1.82, 2.24) is 4.90 Å². The minimum Gasteiger partial charge on any atom is -0.274 e. The van der Waals surface area contributed by atoms with Crippen LogP contribution in [0, 0.1) is 22.7 Å². The summed E-state index contributed by atoms with van der Waals surface area (Å²) in [4.78, 5) is 27.1. The van der Waals surface area contributed by atoms with Crippen molar-refractivity contribution < 1.29 is 9.59 Å². The topological polar surface area (TPSA) is 37.4 Å². The van der Waals surface area contributed by atoms with Crippen LogP contribution in [-0.2, 0) is 9.59 Å². The van der Waals surface area contributed by atoms with E-state index in [1.165, 1.54) is 11.0 Å². The van der Waals surface area contributed by atoms with Crippen LogP contribution in [0.25, 0.3) is 0 Å². The van der Waals surface area contributed by atoms with Gasteiger partial charge < -0.3 is 0 Å². The minimum absolute atomic E-state index is 0.0173. The number of imide groups is 1. The molecule has 0 aromatic heterocycles. The smallest absolute Gasteiger partial charge is 0.238 e. The van der Waals surface area contributed by atoms with Crippen LogP contribution in [0.4, 0.5) is 0 Å². The van der Waals surface area contributed by atoms with Crippen molar-refractivity contribution in [3.05, 3.63) is 37.1 Å². The van der Waals surface area contributed by atoms with Gasteiger partial charge in [0.1, 0.15) is 0 Å². The Hall–Kier alpha value is -1.64. The lowest BCUT2D eigenvalue weighted by Gasteiger charge is -2.31. The molecule has 0 bridgehead atoms. The highest BCUT2D eigenvalue weighted by Gasteiger charge is 2.53. The van der Waals surface area contributed by atoms with Crippen LogP contribution in [-0.4, -0.2) is 16.7 Å². The molecule has 22 heavy (non-hydrogen) atoms. The van der Waals surface area contributed by atoms with Crippen LogP contribution in [0.2, 0.25) is 0 Å². The Balaban J connectivity index is 3.35. The lowest BCUT2D eigenvalue weighted by molar-refractivity contribution is -0.137. The Bertz CT molecular complexity index is 515. The first kappa shape index (κ1) is 18.4. The van der Waals surface area contributed by atoms with E-state index >= 15 is 0 Å². The lowest BCUT2D eigenvalue weighted by atomic mass is 9.70. The number of likely N-dealkylation sites (tertiary alicyclic amines) is 1. The van der Waals surface area contributed by atoms with Gasteiger partial charge in [0, 0.05) is 0 Å². The normalized spacial score (nSPS) is 23.9. The summed E-state index contributed by atoms with van der Waals surface area (Å²) in [5.41, 5.74) is 0.227. The van der Waals surface area contributed by atoms with E-state index in [0.29, 0.717) is 12.1 Å². The molecule has 1 rings (SSSR count). The summed E-state index contributed by atoms with van der Waals surface area (Å²) in [6, 6.07) is 0. The van der Waals surface area contributed by atoms with Gasteiger partial charge >= 0.3 is 0 Å². The van der Waals surface area contributed by atoms with Crippen LogP contribution in [0.5, 0.6) is 0 Å². The van der Waals surface area contributed by atoms with Gasteiger partial charge in [-0.05, 0) is 29.4 Å². The van der Waals surface area contributed by atoms with Gasteiger partial charge in [0.25, 0.3) is 0 Å². The first-order chi connectivity index (χ1) is 9.94. The van der Waals surface area contributed by atoms with Gasteiger partial charge in [0.05, 0.1) is 17.5 Å². The van der Waals surface area contributed by atoms with Crippen molar-refractivity contribution in [3.63, 3.8) is 0 Å². The highest BCUT2D eigenvalue weighted by atomic mass is 16.2. The third kappa shape index (κ3) is 3.76. The number of nitrogens with zero attached hydrogens (tertiary/aromatic N) is 1. The van der Waals surface area contributed by atoms with E-state index < -0.39 is 0 Å². The fourth-order valence-electron chi connectivity index (χ4n) is 3.18. The van der Waals surface area contributed by atoms with Crippen LogP contribution in [0.15, 0.2) is 37.1 Å². The molecule has 2 unspecified atom stereocenters. The van der Waals surface area contributed by atoms with Gasteiger partial charge in [0.2, 0.25) is 11.8 Å². The van der Waals surface area contributed by atoms with Crippen molar-refractivity contribution in [2.24, 2.45) is 22.7 Å². The van der Waals surface area contributed by atoms with Gasteiger partial charge in [-0.2, -0.15) is 0 Å². The Kier molecular flexibility index (Phi) is 5.21. The van der Waals surface area contributed by atoms with Crippen LogP contribution >= 0.6 is 0 Å². The second kappa shape index (κ2) is 6.23. The zero-order chi connectivity index (χ0) is 17.3. The Morgan fingerprint density at radius 3 is 2.00 bits per heavy atom. The zero-order valence-electron chi connectivity index (χ0n) is 14.8. The first-order valence-electron chi connectivity index (χ1n) is 7.77. The standard InChI is InChI=1S/C19H29NO2/c1-9-11-13(10-2)20-16(21)14(12-18(3,4)5)15(17(20)22)19(6,7)8/h9-11,14-15H,1-2,12H2,3-8H3/b13-11+. The molecule has 122 valence electrons. The molecule has 0 aromatic rings. The maximum atomic E-state index is 12.9. The van der Waals surface area contributed by atoms with Crippen molar-refractivity contribution in [1.29, 1.82) is 0 Å². The molecule has 0 N–H and O–H groups in total. The van der Waals surface area contributed by atoms with Crippen LogP contribution < -0.4 is 0 Å².